The van der Waals surface area contributed by atoms with Gasteiger partial charge in [0, 0.05) is 16.4 Å². The first kappa shape index (κ1) is 17.5. The van der Waals surface area contributed by atoms with Gasteiger partial charge < -0.3 is 5.32 Å². The van der Waals surface area contributed by atoms with Gasteiger partial charge in [0.2, 0.25) is 0 Å². The molecule has 0 aliphatic rings. The van der Waals surface area contributed by atoms with Gasteiger partial charge in [-0.15, -0.1) is 0 Å². The summed E-state index contributed by atoms with van der Waals surface area (Å²) >= 11 is 3.36. The number of halogens is 1. The summed E-state index contributed by atoms with van der Waals surface area (Å²) in [5.74, 6) is -0.0111. The molecule has 1 aromatic heterocycles. The number of hydrogen-bond acceptors (Lipinski definition) is 3. The van der Waals surface area contributed by atoms with Gasteiger partial charge in [0.05, 0.1) is 22.1 Å². The van der Waals surface area contributed by atoms with Crippen LogP contribution in [0.1, 0.15) is 15.9 Å². The summed E-state index contributed by atoms with van der Waals surface area (Å²) in [7, 11) is -1.41. The van der Waals surface area contributed by atoms with Gasteiger partial charge in [-0.3, -0.25) is 9.00 Å². The molecule has 25 heavy (non-hydrogen) atoms. The quantitative estimate of drug-likeness (QED) is 0.672. The van der Waals surface area contributed by atoms with Crippen molar-refractivity contribution in [3.63, 3.8) is 0 Å². The zero-order chi connectivity index (χ0) is 17.6. The highest BCUT2D eigenvalue weighted by molar-refractivity contribution is 9.10. The minimum absolute atomic E-state index is 0.293. The minimum atomic E-state index is -1.41. The number of pyridine rings is 1. The highest BCUT2D eigenvalue weighted by Crippen LogP contribution is 2.18. The molecule has 2 aromatic carbocycles. The predicted molar refractivity (Wildman–Crippen MR) is 103 cm³/mol. The molecule has 3 rings (SSSR count). The Morgan fingerprint density at radius 2 is 1.72 bits per heavy atom. The van der Waals surface area contributed by atoms with Gasteiger partial charge in [-0.05, 0) is 42.0 Å². The second-order valence-electron chi connectivity index (χ2n) is 5.29. The molecule has 0 radical (unpaired) electrons. The Labute approximate surface area is 156 Å². The van der Waals surface area contributed by atoms with Gasteiger partial charge in [0.25, 0.3) is 5.91 Å². The Morgan fingerprint density at radius 1 is 1.00 bits per heavy atom. The van der Waals surface area contributed by atoms with Crippen molar-refractivity contribution < 1.29 is 9.00 Å². The molecule has 0 saturated heterocycles. The van der Waals surface area contributed by atoms with Crippen LogP contribution in [0.2, 0.25) is 0 Å². The smallest absolute Gasteiger partial charge is 0.258 e. The van der Waals surface area contributed by atoms with Crippen LogP contribution in [0.4, 0.5) is 5.69 Å². The Kier molecular flexibility index (Phi) is 5.73. The molecular weight excluding hydrogens is 400 g/mol. The second kappa shape index (κ2) is 8.18. The second-order valence-corrected chi connectivity index (χ2v) is 7.57. The maximum atomic E-state index is 12.7. The van der Waals surface area contributed by atoms with Gasteiger partial charge in [0.1, 0.15) is 5.03 Å². The molecule has 1 N–H and O–H groups in total. The van der Waals surface area contributed by atoms with Crippen molar-refractivity contribution in [2.75, 3.05) is 5.32 Å². The molecule has 1 amide bonds. The fourth-order valence-electron chi connectivity index (χ4n) is 2.27. The number of benzene rings is 2. The lowest BCUT2D eigenvalue weighted by Crippen LogP contribution is -2.16. The van der Waals surface area contributed by atoms with Crippen LogP contribution >= 0.6 is 15.9 Å². The third-order valence-electron chi connectivity index (χ3n) is 3.47. The lowest BCUT2D eigenvalue weighted by Gasteiger charge is -2.09. The lowest BCUT2D eigenvalue weighted by atomic mass is 10.2. The van der Waals surface area contributed by atoms with Crippen LogP contribution < -0.4 is 5.32 Å². The zero-order valence-electron chi connectivity index (χ0n) is 13.2. The van der Waals surface area contributed by atoms with Crippen molar-refractivity contribution in [2.45, 2.75) is 10.8 Å². The number of amides is 1. The number of carbonyl (C=O) groups is 1. The van der Waals surface area contributed by atoms with E-state index in [0.29, 0.717) is 22.0 Å². The van der Waals surface area contributed by atoms with E-state index in [1.54, 1.807) is 30.5 Å². The SMILES string of the molecule is O=C(Nc1ccc(Br)cc1)c1cccnc1S(=O)Cc1ccccc1. The summed E-state index contributed by atoms with van der Waals surface area (Å²) in [5.41, 5.74) is 1.92. The average molecular weight is 415 g/mol. The highest BCUT2D eigenvalue weighted by atomic mass is 79.9. The van der Waals surface area contributed by atoms with E-state index < -0.39 is 10.8 Å². The fraction of sp³-hybridized carbons (Fsp3) is 0.0526. The lowest BCUT2D eigenvalue weighted by molar-refractivity contribution is 0.102. The van der Waals surface area contributed by atoms with E-state index in [9.17, 15) is 9.00 Å². The first-order valence-electron chi connectivity index (χ1n) is 7.58. The Bertz CT molecular complexity index is 899. The Morgan fingerprint density at radius 3 is 2.44 bits per heavy atom. The molecule has 0 aliphatic carbocycles. The summed E-state index contributed by atoms with van der Waals surface area (Å²) in [6.07, 6.45) is 1.55. The van der Waals surface area contributed by atoms with Gasteiger partial charge in [-0.1, -0.05) is 46.3 Å². The van der Waals surface area contributed by atoms with Gasteiger partial charge in [-0.25, -0.2) is 4.98 Å². The molecule has 0 fully saturated rings. The molecule has 6 heteroatoms. The molecule has 0 bridgehead atoms. The van der Waals surface area contributed by atoms with Crippen LogP contribution in [-0.4, -0.2) is 15.1 Å². The molecular formula is C19H15BrN2O2S. The van der Waals surface area contributed by atoms with Crippen molar-refractivity contribution in [3.8, 4) is 0 Å². The normalized spacial score (nSPS) is 11.7. The summed E-state index contributed by atoms with van der Waals surface area (Å²) < 4.78 is 13.6. The molecule has 4 nitrogen and oxygen atoms in total. The molecule has 1 atom stereocenters. The molecule has 126 valence electrons. The predicted octanol–water partition coefficient (Wildman–Crippen LogP) is 4.40. The molecule has 1 heterocycles. The van der Waals surface area contributed by atoms with Crippen LogP contribution in [-0.2, 0) is 16.6 Å². The van der Waals surface area contributed by atoms with E-state index >= 15 is 0 Å². The number of nitrogens with zero attached hydrogens (tertiary/aromatic N) is 1. The number of carbonyl (C=O) groups excluding carboxylic acids is 1. The minimum Gasteiger partial charge on any atom is -0.322 e. The average Bonchev–Trinajstić information content (AvgIpc) is 2.64. The van der Waals surface area contributed by atoms with Crippen molar-refractivity contribution in [3.05, 3.63) is 88.5 Å². The van der Waals surface area contributed by atoms with Crippen molar-refractivity contribution in [1.82, 2.24) is 4.98 Å². The number of rotatable bonds is 5. The van der Waals surface area contributed by atoms with Crippen LogP contribution in [0, 0.1) is 0 Å². The molecule has 3 aromatic rings. The van der Waals surface area contributed by atoms with Crippen LogP contribution in [0.25, 0.3) is 0 Å². The zero-order valence-corrected chi connectivity index (χ0v) is 15.6. The summed E-state index contributed by atoms with van der Waals surface area (Å²) in [5, 5.41) is 3.10. The Hall–Kier alpha value is -2.31. The van der Waals surface area contributed by atoms with Crippen LogP contribution in [0.3, 0.4) is 0 Å². The molecule has 0 saturated carbocycles. The van der Waals surface area contributed by atoms with Crippen molar-refractivity contribution >= 4 is 38.3 Å². The number of hydrogen-bond donors (Lipinski definition) is 1. The van der Waals surface area contributed by atoms with E-state index in [1.165, 1.54) is 0 Å². The third-order valence-corrected chi connectivity index (χ3v) is 5.35. The number of anilines is 1. The maximum Gasteiger partial charge on any atom is 0.258 e. The first-order valence-corrected chi connectivity index (χ1v) is 9.69. The number of aromatic nitrogens is 1. The van der Waals surface area contributed by atoms with Crippen molar-refractivity contribution in [2.24, 2.45) is 0 Å². The van der Waals surface area contributed by atoms with Crippen LogP contribution in [0.15, 0.2) is 82.4 Å². The summed E-state index contributed by atoms with van der Waals surface area (Å²) in [6.45, 7) is 0. The molecule has 0 aliphatic heterocycles. The molecule has 0 spiro atoms. The first-order chi connectivity index (χ1) is 12.1. The topological polar surface area (TPSA) is 59.1 Å². The maximum absolute atomic E-state index is 12.7. The van der Waals surface area contributed by atoms with E-state index in [1.807, 2.05) is 42.5 Å². The largest absolute Gasteiger partial charge is 0.322 e. The van der Waals surface area contributed by atoms with E-state index in [0.717, 1.165) is 10.0 Å². The monoisotopic (exact) mass is 414 g/mol. The fourth-order valence-corrected chi connectivity index (χ4v) is 3.75. The van der Waals surface area contributed by atoms with E-state index in [2.05, 4.69) is 26.2 Å². The van der Waals surface area contributed by atoms with Gasteiger partial charge >= 0.3 is 0 Å². The number of nitrogens with one attached hydrogen (secondary N) is 1. The van der Waals surface area contributed by atoms with E-state index in [-0.39, 0.29) is 5.91 Å². The summed E-state index contributed by atoms with van der Waals surface area (Å²) in [4.78, 5) is 16.8. The van der Waals surface area contributed by atoms with Gasteiger partial charge in [0.15, 0.2) is 0 Å². The van der Waals surface area contributed by atoms with Crippen LogP contribution in [0.5, 0.6) is 0 Å². The highest BCUT2D eigenvalue weighted by Gasteiger charge is 2.17. The third kappa shape index (κ3) is 4.61. The molecule has 1 unspecified atom stereocenters. The Balaban J connectivity index is 1.81. The van der Waals surface area contributed by atoms with Crippen molar-refractivity contribution in [1.29, 1.82) is 0 Å². The summed E-state index contributed by atoms with van der Waals surface area (Å²) in [6, 6.07) is 20.1. The standard InChI is InChI=1S/C19H15BrN2O2S/c20-15-8-10-16(11-9-15)22-18(23)17-7-4-12-21-19(17)25(24)13-14-5-2-1-3-6-14/h1-12H,13H2,(H,22,23). The van der Waals surface area contributed by atoms with E-state index in [4.69, 9.17) is 0 Å². The van der Waals surface area contributed by atoms with Gasteiger partial charge in [-0.2, -0.15) is 0 Å².